The van der Waals surface area contributed by atoms with Crippen LogP contribution in [0.5, 0.6) is 0 Å². The zero-order chi connectivity index (χ0) is 24.8. The number of likely N-dealkylation sites (tertiary alicyclic amines) is 1. The number of rotatable bonds is 4. The van der Waals surface area contributed by atoms with Gasteiger partial charge in [0.15, 0.2) is 0 Å². The third-order valence-corrected chi connectivity index (χ3v) is 10.6. The van der Waals surface area contributed by atoms with E-state index in [0.717, 1.165) is 38.5 Å². The molecule has 0 aromatic rings. The predicted octanol–water partition coefficient (Wildman–Crippen LogP) is 3.07. The number of carbonyl (C=O) groups is 3. The number of allylic oxidation sites excluding steroid dienone is 1. The van der Waals surface area contributed by atoms with Gasteiger partial charge < -0.3 is 19.6 Å². The molecule has 1 aliphatic carbocycles. The van der Waals surface area contributed by atoms with Gasteiger partial charge in [-0.15, -0.1) is 11.8 Å². The number of aliphatic hydroxyl groups is 1. The van der Waals surface area contributed by atoms with Gasteiger partial charge in [-0.3, -0.25) is 14.4 Å². The molecular formula is C27H38N2O5S. The number of thioether (sulfide) groups is 1. The van der Waals surface area contributed by atoms with Gasteiger partial charge in [0.05, 0.1) is 35.8 Å². The first-order valence-corrected chi connectivity index (χ1v) is 14.2. The van der Waals surface area contributed by atoms with Gasteiger partial charge in [-0.25, -0.2) is 0 Å². The number of ether oxygens (including phenoxy) is 1. The molecule has 192 valence electrons. The van der Waals surface area contributed by atoms with Crippen LogP contribution in [0.15, 0.2) is 24.3 Å². The largest absolute Gasteiger partial charge is 0.465 e. The van der Waals surface area contributed by atoms with Gasteiger partial charge in [0.2, 0.25) is 11.8 Å². The first-order valence-electron chi connectivity index (χ1n) is 13.3. The monoisotopic (exact) mass is 502 g/mol. The van der Waals surface area contributed by atoms with Crippen LogP contribution in [0.3, 0.4) is 0 Å². The first kappa shape index (κ1) is 24.9. The highest BCUT2D eigenvalue weighted by molar-refractivity contribution is 8.02. The molecule has 2 amide bonds. The Hall–Kier alpha value is -1.80. The lowest BCUT2D eigenvalue weighted by atomic mass is 9.74. The van der Waals surface area contributed by atoms with Gasteiger partial charge in [-0.05, 0) is 39.0 Å². The Labute approximate surface area is 212 Å². The van der Waals surface area contributed by atoms with E-state index in [9.17, 15) is 19.5 Å². The number of hydrogen-bond acceptors (Lipinski definition) is 6. The average Bonchev–Trinajstić information content (AvgIpc) is 3.20. The van der Waals surface area contributed by atoms with Crippen molar-refractivity contribution in [2.45, 2.75) is 92.8 Å². The molecule has 5 rings (SSSR count). The number of amides is 2. The van der Waals surface area contributed by atoms with Crippen LogP contribution in [-0.2, 0) is 19.1 Å². The predicted molar refractivity (Wildman–Crippen MR) is 135 cm³/mol. The zero-order valence-corrected chi connectivity index (χ0v) is 21.7. The molecule has 0 bridgehead atoms. The molecule has 1 unspecified atom stereocenters. The second-order valence-corrected chi connectivity index (χ2v) is 12.7. The van der Waals surface area contributed by atoms with E-state index in [2.05, 4.69) is 18.2 Å². The summed E-state index contributed by atoms with van der Waals surface area (Å²) in [5.74, 6) is -1.98. The van der Waals surface area contributed by atoms with Gasteiger partial charge >= 0.3 is 5.97 Å². The van der Waals surface area contributed by atoms with Crippen LogP contribution in [0.25, 0.3) is 0 Å². The SMILES string of the molecule is CC[C@@H](CO)N1C(=O)[C@@H]2[C@H]3C(=O)OCCC/C=C\[C@@]3(C)S[C@@]23C=CCN(C2CCCCC2)C(=O)C13. The molecule has 8 heteroatoms. The van der Waals surface area contributed by atoms with E-state index in [-0.39, 0.29) is 30.4 Å². The number of hydrogen-bond donors (Lipinski definition) is 1. The highest BCUT2D eigenvalue weighted by atomic mass is 32.2. The molecule has 1 N–H and O–H groups in total. The molecule has 2 saturated heterocycles. The molecule has 4 aliphatic heterocycles. The molecule has 3 fully saturated rings. The molecular weight excluding hydrogens is 464 g/mol. The summed E-state index contributed by atoms with van der Waals surface area (Å²) in [7, 11) is 0. The molecule has 35 heavy (non-hydrogen) atoms. The van der Waals surface area contributed by atoms with Crippen LogP contribution >= 0.6 is 11.8 Å². The van der Waals surface area contributed by atoms with E-state index in [4.69, 9.17) is 4.74 Å². The fraction of sp³-hybridized carbons (Fsp3) is 0.741. The molecule has 0 radical (unpaired) electrons. The summed E-state index contributed by atoms with van der Waals surface area (Å²) in [6.45, 7) is 4.59. The van der Waals surface area contributed by atoms with Crippen molar-refractivity contribution in [2.24, 2.45) is 11.8 Å². The van der Waals surface area contributed by atoms with Crippen molar-refractivity contribution in [3.05, 3.63) is 24.3 Å². The first-order chi connectivity index (χ1) is 16.9. The van der Waals surface area contributed by atoms with Crippen molar-refractivity contribution in [3.63, 3.8) is 0 Å². The fourth-order valence-corrected chi connectivity index (χ4v) is 9.26. The second kappa shape index (κ2) is 9.58. The fourth-order valence-electron chi connectivity index (χ4n) is 7.12. The van der Waals surface area contributed by atoms with Crippen molar-refractivity contribution >= 4 is 29.5 Å². The summed E-state index contributed by atoms with van der Waals surface area (Å²) < 4.78 is 4.14. The molecule has 1 saturated carbocycles. The lowest BCUT2D eigenvalue weighted by Crippen LogP contribution is -2.58. The van der Waals surface area contributed by atoms with Gasteiger partial charge in [-0.1, -0.05) is 50.5 Å². The maximum Gasteiger partial charge on any atom is 0.311 e. The maximum atomic E-state index is 14.4. The number of carbonyl (C=O) groups excluding carboxylic acids is 3. The zero-order valence-electron chi connectivity index (χ0n) is 20.9. The van der Waals surface area contributed by atoms with Crippen molar-refractivity contribution in [1.82, 2.24) is 9.80 Å². The molecule has 0 aromatic heterocycles. The number of aliphatic hydroxyl groups excluding tert-OH is 1. The van der Waals surface area contributed by atoms with Crippen molar-refractivity contribution in [3.8, 4) is 0 Å². The molecule has 5 aliphatic rings. The Bertz CT molecular complexity index is 927. The molecule has 6 atom stereocenters. The number of fused-ring (bicyclic) bond motifs is 2. The highest BCUT2D eigenvalue weighted by Crippen LogP contribution is 2.65. The summed E-state index contributed by atoms with van der Waals surface area (Å²) in [5, 5.41) is 10.2. The molecule has 7 nitrogen and oxygen atoms in total. The van der Waals surface area contributed by atoms with Crippen molar-refractivity contribution in [1.29, 1.82) is 0 Å². The van der Waals surface area contributed by atoms with Gasteiger partial charge in [0, 0.05) is 17.3 Å². The summed E-state index contributed by atoms with van der Waals surface area (Å²) in [6, 6.07) is -1.03. The Balaban J connectivity index is 1.64. The lowest BCUT2D eigenvalue weighted by molar-refractivity contribution is -0.154. The maximum absolute atomic E-state index is 14.4. The lowest BCUT2D eigenvalue weighted by Gasteiger charge is -2.41. The van der Waals surface area contributed by atoms with E-state index in [0.29, 0.717) is 19.6 Å². The minimum absolute atomic E-state index is 0.0374. The van der Waals surface area contributed by atoms with Gasteiger partial charge in [0.1, 0.15) is 6.04 Å². The van der Waals surface area contributed by atoms with Gasteiger partial charge in [-0.2, -0.15) is 0 Å². The third kappa shape index (κ3) is 3.86. The van der Waals surface area contributed by atoms with E-state index >= 15 is 0 Å². The van der Waals surface area contributed by atoms with Crippen LogP contribution in [0.2, 0.25) is 0 Å². The molecule has 0 aromatic carbocycles. The smallest absolute Gasteiger partial charge is 0.311 e. The van der Waals surface area contributed by atoms with Crippen LogP contribution < -0.4 is 0 Å². The minimum Gasteiger partial charge on any atom is -0.465 e. The van der Waals surface area contributed by atoms with Crippen LogP contribution in [0, 0.1) is 11.8 Å². The number of esters is 1. The molecule has 4 heterocycles. The Morgan fingerprint density at radius 3 is 2.57 bits per heavy atom. The number of nitrogens with zero attached hydrogens (tertiary/aromatic N) is 2. The summed E-state index contributed by atoms with van der Waals surface area (Å²) in [6.07, 6.45) is 15.8. The van der Waals surface area contributed by atoms with Crippen LogP contribution in [0.4, 0.5) is 0 Å². The highest BCUT2D eigenvalue weighted by Gasteiger charge is 2.74. The van der Waals surface area contributed by atoms with E-state index in [1.165, 1.54) is 6.42 Å². The van der Waals surface area contributed by atoms with E-state index in [1.54, 1.807) is 16.7 Å². The van der Waals surface area contributed by atoms with Crippen molar-refractivity contribution in [2.75, 3.05) is 19.8 Å². The Morgan fingerprint density at radius 2 is 1.86 bits per heavy atom. The minimum atomic E-state index is -0.873. The molecule has 1 spiro atoms. The van der Waals surface area contributed by atoms with Gasteiger partial charge in [0.25, 0.3) is 0 Å². The third-order valence-electron chi connectivity index (χ3n) is 8.81. The normalized spacial score (nSPS) is 39.6. The summed E-state index contributed by atoms with van der Waals surface area (Å²) in [5.41, 5.74) is 0. The topological polar surface area (TPSA) is 87.2 Å². The summed E-state index contributed by atoms with van der Waals surface area (Å²) in [4.78, 5) is 45.7. The summed E-state index contributed by atoms with van der Waals surface area (Å²) >= 11 is 1.58. The Morgan fingerprint density at radius 1 is 1.09 bits per heavy atom. The van der Waals surface area contributed by atoms with E-state index in [1.807, 2.05) is 24.8 Å². The average molecular weight is 503 g/mol. The van der Waals surface area contributed by atoms with Crippen molar-refractivity contribution < 1.29 is 24.2 Å². The van der Waals surface area contributed by atoms with E-state index < -0.39 is 33.4 Å². The van der Waals surface area contributed by atoms with Crippen LogP contribution in [-0.4, -0.2) is 80.1 Å². The van der Waals surface area contributed by atoms with Crippen LogP contribution in [0.1, 0.15) is 65.2 Å². The second-order valence-electron chi connectivity index (χ2n) is 10.9. The quantitative estimate of drug-likeness (QED) is 0.470. The Kier molecular flexibility index (Phi) is 6.81. The standard InChI is InChI=1S/C27H38N2O5S/c1-3-18(17-30)29-22-24(32)28(19-11-6-4-7-12-19)15-10-14-27(22)20(23(29)31)21-25(33)34-16-9-5-8-13-26(21,2)35-27/h8,10,13-14,18-22,30H,3-7,9,11-12,15-17H2,1-2H3/b13-8-/t18-,20-,21-,22?,26+,27-/m0/s1. The number of cyclic esters (lactones) is 1.